The summed E-state index contributed by atoms with van der Waals surface area (Å²) in [5.41, 5.74) is -0.332. The van der Waals surface area contributed by atoms with E-state index in [0.29, 0.717) is 54.9 Å². The number of hydrogen-bond donors (Lipinski definition) is 7. The summed E-state index contributed by atoms with van der Waals surface area (Å²) in [6.45, 7) is 3.80. The molecule has 0 fully saturated rings. The number of carboxylic acid groups (broad SMARTS) is 1. The zero-order valence-corrected chi connectivity index (χ0v) is 46.5. The third kappa shape index (κ3) is 14.0. The number of allylic oxidation sites excluding steroid dienone is 7. The Morgan fingerprint density at radius 3 is 1.62 bits per heavy atom. The Kier molecular flexibility index (Phi) is 18.2. The van der Waals surface area contributed by atoms with Gasteiger partial charge in [0.2, 0.25) is 0 Å². The molecule has 4 aromatic carbocycles. The molecule has 3 atom stereocenters. The summed E-state index contributed by atoms with van der Waals surface area (Å²) in [6, 6.07) is 8.18. The van der Waals surface area contributed by atoms with E-state index < -0.39 is 115 Å². The average Bonchev–Trinajstić information content (AvgIpc) is 3.67. The number of hydrogen-bond acceptors (Lipinski definition) is 16. The molecule has 0 bridgehead atoms. The third-order valence-electron chi connectivity index (χ3n) is 13.8. The molecule has 29 heteroatoms. The minimum Gasteiger partial charge on any atom is -0.481 e. The lowest BCUT2D eigenvalue weighted by Crippen LogP contribution is -2.43. The Morgan fingerprint density at radius 2 is 1.10 bits per heavy atom. The van der Waals surface area contributed by atoms with Crippen molar-refractivity contribution in [2.45, 2.75) is 102 Å². The van der Waals surface area contributed by atoms with Gasteiger partial charge in [0.1, 0.15) is 9.79 Å². The van der Waals surface area contributed by atoms with Crippen LogP contribution in [0.4, 0.5) is 11.4 Å². The van der Waals surface area contributed by atoms with Crippen molar-refractivity contribution in [2.24, 2.45) is 0 Å². The first-order chi connectivity index (χ1) is 35.5. The highest BCUT2D eigenvalue weighted by Crippen LogP contribution is 2.55. The molecule has 7 N–H and O–H groups in total. The first-order valence-electron chi connectivity index (χ1n) is 23.5. The quantitative estimate of drug-likeness (QED) is 0.0215. The van der Waals surface area contributed by atoms with E-state index in [4.69, 9.17) is 4.74 Å². The van der Waals surface area contributed by atoms with E-state index in [1.807, 2.05) is 11.8 Å². The van der Waals surface area contributed by atoms with Crippen LogP contribution in [0.3, 0.4) is 0 Å². The lowest BCUT2D eigenvalue weighted by Gasteiger charge is -2.35. The van der Waals surface area contributed by atoms with Crippen LogP contribution >= 0.6 is 0 Å². The summed E-state index contributed by atoms with van der Waals surface area (Å²) in [6.07, 6.45) is 12.5. The van der Waals surface area contributed by atoms with Crippen molar-refractivity contribution >= 4 is 99.6 Å². The van der Waals surface area contributed by atoms with Crippen LogP contribution in [-0.2, 0) is 81.1 Å². The van der Waals surface area contributed by atoms with Gasteiger partial charge in [-0.05, 0) is 110 Å². The van der Waals surface area contributed by atoms with Crippen LogP contribution in [0.1, 0.15) is 76.3 Å². The fraction of sp³-hybridized carbons (Fsp3) is 0.396. The van der Waals surface area contributed by atoms with Gasteiger partial charge in [0.25, 0.3) is 60.7 Å². The molecule has 2 aliphatic rings. The van der Waals surface area contributed by atoms with Gasteiger partial charge in [-0.25, -0.2) is 0 Å². The van der Waals surface area contributed by atoms with Crippen molar-refractivity contribution in [1.82, 2.24) is 0 Å². The Balaban J connectivity index is 1.48. The number of anilines is 2. The smallest absolute Gasteiger partial charge is 0.303 e. The fourth-order valence-electron chi connectivity index (χ4n) is 10.5. The number of methoxy groups -OCH3 is 1. The highest BCUT2D eigenvalue weighted by atomic mass is 32.2. The molecule has 6 rings (SSSR count). The van der Waals surface area contributed by atoms with Gasteiger partial charge < -0.3 is 19.6 Å². The fourth-order valence-corrected chi connectivity index (χ4v) is 14.2. The van der Waals surface area contributed by atoms with Crippen LogP contribution in [0, 0.1) is 0 Å². The molecule has 2 heterocycles. The molecule has 0 aromatic heterocycles. The van der Waals surface area contributed by atoms with Crippen LogP contribution < -0.4 is 9.80 Å². The maximum atomic E-state index is 12.7. The van der Waals surface area contributed by atoms with Gasteiger partial charge in [-0.3, -0.25) is 32.1 Å². The monoisotopic (exact) mass is 1190 g/mol. The number of carbonyl (C=O) groups is 1. The number of ether oxygens (including phenoxy) is 1. The summed E-state index contributed by atoms with van der Waals surface area (Å²) in [5.74, 6) is -2.41. The number of carboxylic acids is 1. The van der Waals surface area contributed by atoms with E-state index >= 15 is 0 Å². The molecule has 23 nitrogen and oxygen atoms in total. The summed E-state index contributed by atoms with van der Waals surface area (Å²) >= 11 is 0. The van der Waals surface area contributed by atoms with Gasteiger partial charge in [-0.15, -0.1) is 0 Å². The Hall–Kier alpha value is -5.15. The van der Waals surface area contributed by atoms with Gasteiger partial charge in [0.05, 0.1) is 27.3 Å². The summed E-state index contributed by atoms with van der Waals surface area (Å²) in [5, 5.41) is 9.03. The molecule has 0 amide bonds. The predicted molar refractivity (Wildman–Crippen MR) is 285 cm³/mol. The molecule has 0 radical (unpaired) electrons. The van der Waals surface area contributed by atoms with E-state index in [1.54, 1.807) is 60.4 Å². The first kappa shape index (κ1) is 61.1. The lowest BCUT2D eigenvalue weighted by molar-refractivity contribution is -0.137. The van der Waals surface area contributed by atoms with E-state index in [0.717, 1.165) is 12.1 Å². The van der Waals surface area contributed by atoms with Gasteiger partial charge in [-0.1, -0.05) is 61.9 Å². The second-order valence-electron chi connectivity index (χ2n) is 19.1. The molecule has 0 saturated carbocycles. The zero-order valence-electron chi connectivity index (χ0n) is 41.6. The molecule has 0 saturated heterocycles. The van der Waals surface area contributed by atoms with Crippen LogP contribution in [-0.4, -0.2) is 133 Å². The van der Waals surface area contributed by atoms with E-state index in [9.17, 15) is 87.7 Å². The molecule has 4 aromatic rings. The van der Waals surface area contributed by atoms with Crippen molar-refractivity contribution in [3.8, 4) is 0 Å². The molecular weight excluding hydrogens is 1130 g/mol. The van der Waals surface area contributed by atoms with E-state index in [-0.39, 0.29) is 78.1 Å². The number of aliphatic carboxylic acids is 1. The number of benzene rings is 4. The van der Waals surface area contributed by atoms with Crippen LogP contribution in [0.25, 0.3) is 21.5 Å². The molecule has 0 aliphatic carbocycles. The standard InChI is InChI=1S/C48H58N2O21S6/c1-47(21-12-26-72(53,54)55)42(50(24-13-27-73(56,57)58)38-19-17-34-36(45(38)47)28-32(74(59,60)61)30-40(34)76(65,66)67)14-8-5-4-6-9-15-43-48(2,22-25-71-3)46-37-29-33(75(62,63)64)31-41(77(68,69)70)35(37)18-20-39(46)49(43)23-11-7-10-16-44(51)52/h4-6,8-9,14-15,17-20,28-31,42H,7,10-13,16,21-27H2,1-3H3,(H,51,52)(H,53,54,55)(H,56,57,58)(H,59,60,61)(H,62,63,64)(H,65,66,67)(H,68,69,70). The zero-order chi connectivity index (χ0) is 57.3. The first-order valence-corrected chi connectivity index (χ1v) is 32.5. The number of rotatable bonds is 25. The average molecular weight is 1190 g/mol. The summed E-state index contributed by atoms with van der Waals surface area (Å²) in [7, 11) is -27.9. The third-order valence-corrected chi connectivity index (χ3v) is 18.8. The van der Waals surface area contributed by atoms with Crippen molar-refractivity contribution in [1.29, 1.82) is 0 Å². The topological polar surface area (TPSA) is 379 Å². The molecule has 77 heavy (non-hydrogen) atoms. The molecule has 422 valence electrons. The van der Waals surface area contributed by atoms with E-state index in [2.05, 4.69) is 0 Å². The Labute approximate surface area is 447 Å². The van der Waals surface area contributed by atoms with Crippen LogP contribution in [0.15, 0.2) is 116 Å². The predicted octanol–water partition coefficient (Wildman–Crippen LogP) is 6.38. The number of nitrogens with zero attached hydrogens (tertiary/aromatic N) is 2. The van der Waals surface area contributed by atoms with Crippen LogP contribution in [0.2, 0.25) is 0 Å². The Morgan fingerprint density at radius 1 is 0.584 bits per heavy atom. The molecule has 2 aliphatic heterocycles. The minimum atomic E-state index is -5.16. The normalized spacial score (nSPS) is 20.2. The van der Waals surface area contributed by atoms with E-state index in [1.165, 1.54) is 25.3 Å². The molecular formula is C48H58N2O21S6. The second kappa shape index (κ2) is 22.9. The molecule has 3 unspecified atom stereocenters. The number of fused-ring (bicyclic) bond motifs is 6. The summed E-state index contributed by atoms with van der Waals surface area (Å²) < 4.78 is 214. The highest BCUT2D eigenvalue weighted by Gasteiger charge is 2.48. The van der Waals surface area contributed by atoms with Crippen molar-refractivity contribution < 1.29 is 92.5 Å². The van der Waals surface area contributed by atoms with Crippen LogP contribution in [0.5, 0.6) is 0 Å². The maximum absolute atomic E-state index is 12.7. The number of unbranched alkanes of at least 4 members (excludes halogenated alkanes) is 2. The highest BCUT2D eigenvalue weighted by molar-refractivity contribution is 7.87. The van der Waals surface area contributed by atoms with Crippen molar-refractivity contribution in [3.63, 3.8) is 0 Å². The van der Waals surface area contributed by atoms with Crippen molar-refractivity contribution in [2.75, 3.05) is 48.1 Å². The molecule has 0 spiro atoms. The summed E-state index contributed by atoms with van der Waals surface area (Å²) in [4.78, 5) is 11.6. The second-order valence-corrected chi connectivity index (χ2v) is 27.8. The van der Waals surface area contributed by atoms with Gasteiger partial charge in [0.15, 0.2) is 0 Å². The van der Waals surface area contributed by atoms with Gasteiger partial charge in [-0.2, -0.15) is 50.5 Å². The van der Waals surface area contributed by atoms with Crippen molar-refractivity contribution in [3.05, 3.63) is 108 Å². The minimum absolute atomic E-state index is 0.0361. The lowest BCUT2D eigenvalue weighted by atomic mass is 9.73. The largest absolute Gasteiger partial charge is 0.481 e. The SMILES string of the molecule is COCCC1(C)C(=CC=CC=CC=CC2N(CCCS(=O)(=O)O)c3ccc4c(S(=O)(=O)O)cc(S(=O)(=O)O)cc4c3C2(C)CCCS(=O)(=O)O)N(CCCCCC(=O)O)c2ccc3c(S(=O)(=O)O)cc(S(=O)(=O)O)cc3c21. The van der Waals surface area contributed by atoms with Gasteiger partial charge >= 0.3 is 5.97 Å². The Bertz CT molecular complexity index is 3820. The maximum Gasteiger partial charge on any atom is 0.303 e. The van der Waals surface area contributed by atoms with Gasteiger partial charge in [0, 0.05) is 71.9 Å².